The molecule has 1 aromatic heterocycles. The van der Waals surface area contributed by atoms with E-state index in [1.807, 2.05) is 43.5 Å². The summed E-state index contributed by atoms with van der Waals surface area (Å²) in [7, 11) is 0. The fraction of sp³-hybridized carbons (Fsp3) is 0.556. The number of halogens is 1. The number of carbonyl (C=O) groups is 1. The molecule has 3 rings (SSSR count). The number of amides is 1. The number of hydrogen-bond acceptors (Lipinski definition) is 3. The summed E-state index contributed by atoms with van der Waals surface area (Å²) in [6.07, 6.45) is 2.16. The molecule has 1 unspecified atom stereocenters. The van der Waals surface area contributed by atoms with Crippen molar-refractivity contribution in [2.45, 2.75) is 51.7 Å². The Labute approximate surface area is 155 Å². The van der Waals surface area contributed by atoms with E-state index in [1.54, 1.807) is 4.90 Å². The number of benzene rings is 1. The van der Waals surface area contributed by atoms with Crippen molar-refractivity contribution in [1.82, 2.24) is 14.5 Å². The van der Waals surface area contributed by atoms with Gasteiger partial charge in [-0.1, -0.05) is 6.07 Å². The van der Waals surface area contributed by atoms with E-state index < -0.39 is 5.60 Å². The molecule has 1 saturated heterocycles. The lowest BCUT2D eigenvalue weighted by Gasteiger charge is -2.26. The summed E-state index contributed by atoms with van der Waals surface area (Å²) in [5.41, 5.74) is 1.12. The molecule has 0 aliphatic carbocycles. The first-order valence-corrected chi connectivity index (χ1v) is 9.42. The molecule has 6 nitrogen and oxygen atoms in total. The Morgan fingerprint density at radius 1 is 1.28 bits per heavy atom. The van der Waals surface area contributed by atoms with Crippen LogP contribution >= 0.6 is 15.9 Å². The average Bonchev–Trinajstić information content (AvgIpc) is 2.69. The third kappa shape index (κ3) is 3.92. The molecule has 0 spiro atoms. The van der Waals surface area contributed by atoms with E-state index in [1.165, 1.54) is 0 Å². The van der Waals surface area contributed by atoms with Crippen molar-refractivity contribution in [3.63, 3.8) is 0 Å². The minimum absolute atomic E-state index is 0.0722. The average molecular weight is 410 g/mol. The minimum Gasteiger partial charge on any atom is -0.444 e. The van der Waals surface area contributed by atoms with Crippen molar-refractivity contribution < 1.29 is 9.53 Å². The van der Waals surface area contributed by atoms with Crippen LogP contribution in [0, 0.1) is 0 Å². The Morgan fingerprint density at radius 3 is 2.76 bits per heavy atom. The smallest absolute Gasteiger partial charge is 0.410 e. The second kappa shape index (κ2) is 6.86. The molecular formula is C18H24BrN3O3. The number of carbonyl (C=O) groups excluding carboxylic acids is 1. The molecule has 1 aromatic carbocycles. The van der Waals surface area contributed by atoms with Crippen LogP contribution in [0.1, 0.15) is 46.1 Å². The Kier molecular flexibility index (Phi) is 4.95. The van der Waals surface area contributed by atoms with E-state index in [9.17, 15) is 9.59 Å². The monoisotopic (exact) mass is 409 g/mol. The topological polar surface area (TPSA) is 67.3 Å². The molecule has 1 amide bonds. The van der Waals surface area contributed by atoms with Crippen LogP contribution in [0.2, 0.25) is 0 Å². The number of hydrogen-bond donors (Lipinski definition) is 1. The first-order chi connectivity index (χ1) is 11.8. The lowest BCUT2D eigenvalue weighted by atomic mass is 10.1. The van der Waals surface area contributed by atoms with Crippen molar-refractivity contribution in [2.24, 2.45) is 0 Å². The number of aromatic amines is 1. The molecule has 25 heavy (non-hydrogen) atoms. The zero-order valence-corrected chi connectivity index (χ0v) is 16.4. The summed E-state index contributed by atoms with van der Waals surface area (Å²) in [5.74, 6) is 0. The van der Waals surface area contributed by atoms with Gasteiger partial charge in [0, 0.05) is 23.6 Å². The van der Waals surface area contributed by atoms with Crippen LogP contribution in [0.15, 0.2) is 27.5 Å². The molecule has 1 aliphatic heterocycles. The van der Waals surface area contributed by atoms with Crippen molar-refractivity contribution in [3.05, 3.63) is 33.2 Å². The van der Waals surface area contributed by atoms with Gasteiger partial charge in [0.05, 0.1) is 11.0 Å². The van der Waals surface area contributed by atoms with Gasteiger partial charge in [-0.05, 0) is 68.1 Å². The quantitative estimate of drug-likeness (QED) is 0.771. The number of rotatable bonds is 1. The largest absolute Gasteiger partial charge is 0.444 e. The lowest BCUT2D eigenvalue weighted by Crippen LogP contribution is -2.37. The number of aromatic nitrogens is 2. The van der Waals surface area contributed by atoms with Crippen LogP contribution in [-0.4, -0.2) is 39.2 Å². The summed E-state index contributed by atoms with van der Waals surface area (Å²) in [6, 6.07) is 5.87. The highest BCUT2D eigenvalue weighted by Gasteiger charge is 2.27. The SMILES string of the molecule is CC(C)(C)OC(=O)N1CCCC(n2c(=O)[nH]c3c(Br)cccc32)CC1. The maximum absolute atomic E-state index is 12.5. The van der Waals surface area contributed by atoms with Gasteiger partial charge >= 0.3 is 11.8 Å². The summed E-state index contributed by atoms with van der Waals surface area (Å²) >= 11 is 3.49. The number of ether oxygens (including phenoxy) is 1. The van der Waals surface area contributed by atoms with Crippen LogP contribution in [0.5, 0.6) is 0 Å². The molecule has 2 heterocycles. The molecule has 0 saturated carbocycles. The van der Waals surface area contributed by atoms with Gasteiger partial charge in [-0.3, -0.25) is 4.57 Å². The van der Waals surface area contributed by atoms with Gasteiger partial charge in [-0.25, -0.2) is 9.59 Å². The Hall–Kier alpha value is -1.76. The van der Waals surface area contributed by atoms with Crippen LogP contribution in [0.25, 0.3) is 11.0 Å². The number of nitrogens with zero attached hydrogens (tertiary/aromatic N) is 2. The number of H-pyrrole nitrogens is 1. The molecular weight excluding hydrogens is 386 g/mol. The molecule has 1 N–H and O–H groups in total. The fourth-order valence-corrected chi connectivity index (χ4v) is 3.78. The molecule has 136 valence electrons. The van der Waals surface area contributed by atoms with E-state index in [0.29, 0.717) is 13.1 Å². The van der Waals surface area contributed by atoms with Gasteiger partial charge < -0.3 is 14.6 Å². The first-order valence-electron chi connectivity index (χ1n) is 8.63. The van der Waals surface area contributed by atoms with Gasteiger partial charge in [-0.2, -0.15) is 0 Å². The maximum atomic E-state index is 12.5. The van der Waals surface area contributed by atoms with E-state index in [4.69, 9.17) is 4.74 Å². The number of para-hydroxylation sites is 1. The predicted octanol–water partition coefficient (Wildman–Crippen LogP) is 4.05. The van der Waals surface area contributed by atoms with Gasteiger partial charge in [0.25, 0.3) is 0 Å². The maximum Gasteiger partial charge on any atom is 0.410 e. The van der Waals surface area contributed by atoms with Gasteiger partial charge in [0.15, 0.2) is 0 Å². The van der Waals surface area contributed by atoms with E-state index >= 15 is 0 Å². The highest BCUT2D eigenvalue weighted by molar-refractivity contribution is 9.10. The van der Waals surface area contributed by atoms with E-state index in [-0.39, 0.29) is 17.8 Å². The molecule has 1 aliphatic rings. The molecule has 7 heteroatoms. The molecule has 2 aromatic rings. The third-order valence-electron chi connectivity index (χ3n) is 4.42. The van der Waals surface area contributed by atoms with E-state index in [2.05, 4.69) is 20.9 Å². The van der Waals surface area contributed by atoms with Gasteiger partial charge in [0.2, 0.25) is 0 Å². The van der Waals surface area contributed by atoms with Crippen LogP contribution in [-0.2, 0) is 4.74 Å². The zero-order valence-electron chi connectivity index (χ0n) is 14.8. The van der Waals surface area contributed by atoms with Gasteiger partial charge in [-0.15, -0.1) is 0 Å². The summed E-state index contributed by atoms with van der Waals surface area (Å²) < 4.78 is 8.19. The molecule has 1 fully saturated rings. The third-order valence-corrected chi connectivity index (χ3v) is 5.08. The highest BCUT2D eigenvalue weighted by atomic mass is 79.9. The Morgan fingerprint density at radius 2 is 2.04 bits per heavy atom. The minimum atomic E-state index is -0.497. The lowest BCUT2D eigenvalue weighted by molar-refractivity contribution is 0.0255. The highest BCUT2D eigenvalue weighted by Crippen LogP contribution is 2.28. The molecule has 0 bridgehead atoms. The Balaban J connectivity index is 1.80. The van der Waals surface area contributed by atoms with Crippen molar-refractivity contribution in [2.75, 3.05) is 13.1 Å². The van der Waals surface area contributed by atoms with Gasteiger partial charge in [0.1, 0.15) is 5.60 Å². The Bertz CT molecular complexity index is 834. The predicted molar refractivity (Wildman–Crippen MR) is 101 cm³/mol. The number of likely N-dealkylation sites (tertiary alicyclic amines) is 1. The zero-order chi connectivity index (χ0) is 18.2. The normalized spacial score (nSPS) is 19.0. The second-order valence-electron chi connectivity index (χ2n) is 7.49. The number of nitrogens with one attached hydrogen (secondary N) is 1. The van der Waals surface area contributed by atoms with Crippen molar-refractivity contribution in [3.8, 4) is 0 Å². The summed E-state index contributed by atoms with van der Waals surface area (Å²) in [5, 5.41) is 0. The van der Waals surface area contributed by atoms with Crippen LogP contribution < -0.4 is 5.69 Å². The van der Waals surface area contributed by atoms with E-state index in [0.717, 1.165) is 34.8 Å². The number of imidazole rings is 1. The fourth-order valence-electron chi connectivity index (χ4n) is 3.32. The molecule has 0 radical (unpaired) electrons. The standard InChI is InChI=1S/C18H24BrN3O3/c1-18(2,3)25-17(24)21-10-5-6-12(9-11-21)22-14-8-4-7-13(19)15(14)20-16(22)23/h4,7-8,12H,5-6,9-11H2,1-3H3,(H,20,23). The van der Waals surface area contributed by atoms with Crippen LogP contribution in [0.4, 0.5) is 4.79 Å². The summed E-state index contributed by atoms with van der Waals surface area (Å²) in [6.45, 7) is 6.86. The van der Waals surface area contributed by atoms with Crippen molar-refractivity contribution >= 4 is 33.1 Å². The number of fused-ring (bicyclic) bond motifs is 1. The second-order valence-corrected chi connectivity index (χ2v) is 8.34. The summed E-state index contributed by atoms with van der Waals surface area (Å²) in [4.78, 5) is 29.5. The van der Waals surface area contributed by atoms with Crippen molar-refractivity contribution in [1.29, 1.82) is 0 Å². The molecule has 1 atom stereocenters. The first kappa shape index (κ1) is 18.0. The van der Waals surface area contributed by atoms with Crippen LogP contribution in [0.3, 0.4) is 0 Å².